The Hall–Kier alpha value is -3.62. The third-order valence-corrected chi connectivity index (χ3v) is 6.38. The van der Waals surface area contributed by atoms with Gasteiger partial charge in [0.2, 0.25) is 5.82 Å². The molecule has 0 bridgehead atoms. The fourth-order valence-electron chi connectivity index (χ4n) is 3.91. The molecular weight excluding hydrogens is 570 g/mol. The van der Waals surface area contributed by atoms with E-state index in [1.54, 1.807) is 55.8 Å². The van der Waals surface area contributed by atoms with Crippen LogP contribution < -0.4 is 15.0 Å². The summed E-state index contributed by atoms with van der Waals surface area (Å²) in [5, 5.41) is 6.39. The Morgan fingerprint density at radius 2 is 1.92 bits per heavy atom. The van der Waals surface area contributed by atoms with Crippen LogP contribution >= 0.6 is 27.5 Å². The lowest BCUT2D eigenvalue weighted by Crippen LogP contribution is -2.20. The summed E-state index contributed by atoms with van der Waals surface area (Å²) in [5.74, 6) is 1.72. The summed E-state index contributed by atoms with van der Waals surface area (Å²) in [5.41, 5.74) is 1.37. The van der Waals surface area contributed by atoms with E-state index in [-0.39, 0.29) is 16.8 Å². The van der Waals surface area contributed by atoms with Gasteiger partial charge in [-0.25, -0.2) is 4.98 Å². The molecule has 38 heavy (non-hydrogen) atoms. The molecule has 194 valence electrons. The van der Waals surface area contributed by atoms with Crippen molar-refractivity contribution in [1.29, 1.82) is 0 Å². The molecule has 0 aliphatic carbocycles. The third-order valence-electron chi connectivity index (χ3n) is 5.68. The normalized spacial score (nSPS) is 12.1. The summed E-state index contributed by atoms with van der Waals surface area (Å²) in [7, 11) is 1.58. The van der Waals surface area contributed by atoms with E-state index in [9.17, 15) is 4.79 Å². The Morgan fingerprint density at radius 3 is 2.68 bits per heavy atom. The molecule has 2 heterocycles. The Bertz CT molecular complexity index is 1750. The molecule has 3 aromatic carbocycles. The van der Waals surface area contributed by atoms with Gasteiger partial charge in [0, 0.05) is 20.4 Å². The number of benzene rings is 3. The second-order valence-corrected chi connectivity index (χ2v) is 11.3. The molecule has 5 aromatic rings. The lowest BCUT2D eigenvalue weighted by atomic mass is 9.98. The molecule has 0 radical (unpaired) electrons. The molecule has 0 amide bonds. The molecule has 0 N–H and O–H groups in total. The van der Waals surface area contributed by atoms with Crippen molar-refractivity contribution in [2.24, 2.45) is 10.5 Å². The molecule has 0 atom stereocenters. The first-order chi connectivity index (χ1) is 18.1. The van der Waals surface area contributed by atoms with Gasteiger partial charge < -0.3 is 13.9 Å². The van der Waals surface area contributed by atoms with Gasteiger partial charge >= 0.3 is 0 Å². The summed E-state index contributed by atoms with van der Waals surface area (Å²) < 4.78 is 19.8. The minimum Gasteiger partial charge on any atom is -0.493 e. The van der Waals surface area contributed by atoms with Crippen molar-refractivity contribution < 1.29 is 13.9 Å². The van der Waals surface area contributed by atoms with Crippen molar-refractivity contribution in [1.82, 2.24) is 9.66 Å². The number of aromatic nitrogens is 2. The minimum absolute atomic E-state index is 0.0803. The standard InChI is InChI=1S/C29H25BrClN3O4/c1-29(2,3)16-37-26-18(11-19(30)14-24(26)36-4)15-32-34-27(33-22-8-6-5-7-21(22)28(34)35)25-13-17-12-20(31)9-10-23(17)38-25/h5-15H,16H2,1-4H3. The van der Waals surface area contributed by atoms with Crippen LogP contribution in [0.4, 0.5) is 0 Å². The highest BCUT2D eigenvalue weighted by atomic mass is 79.9. The van der Waals surface area contributed by atoms with Gasteiger partial charge in [0.05, 0.1) is 30.8 Å². The maximum absolute atomic E-state index is 13.6. The largest absolute Gasteiger partial charge is 0.493 e. The molecule has 5 rings (SSSR count). The first kappa shape index (κ1) is 26.0. The molecule has 0 aliphatic heterocycles. The number of rotatable bonds is 6. The highest BCUT2D eigenvalue weighted by Gasteiger charge is 2.19. The number of methoxy groups -OCH3 is 1. The van der Waals surface area contributed by atoms with Gasteiger partial charge in [-0.3, -0.25) is 4.79 Å². The van der Waals surface area contributed by atoms with Crippen LogP contribution in [0.5, 0.6) is 11.5 Å². The number of fused-ring (bicyclic) bond motifs is 2. The first-order valence-corrected chi connectivity index (χ1v) is 13.1. The SMILES string of the molecule is COc1cc(Br)cc(C=Nn2c(-c3cc4cc(Cl)ccc4o3)nc3ccccc3c2=O)c1OCC(C)(C)C. The summed E-state index contributed by atoms with van der Waals surface area (Å²) in [6.07, 6.45) is 1.56. The highest BCUT2D eigenvalue weighted by molar-refractivity contribution is 9.10. The number of halogens is 2. The number of ether oxygens (including phenoxy) is 2. The van der Waals surface area contributed by atoms with Crippen LogP contribution in [0.25, 0.3) is 33.5 Å². The fraction of sp³-hybridized carbons (Fsp3) is 0.207. The second-order valence-electron chi connectivity index (χ2n) is 9.98. The second kappa shape index (κ2) is 10.3. The molecule has 0 saturated carbocycles. The number of furan rings is 1. The maximum Gasteiger partial charge on any atom is 0.282 e. The molecule has 0 spiro atoms. The smallest absolute Gasteiger partial charge is 0.282 e. The van der Waals surface area contributed by atoms with Crippen molar-refractivity contribution in [3.05, 3.63) is 86.1 Å². The van der Waals surface area contributed by atoms with E-state index in [0.717, 1.165) is 9.86 Å². The molecule has 0 unspecified atom stereocenters. The van der Waals surface area contributed by atoms with Gasteiger partial charge in [-0.2, -0.15) is 9.78 Å². The Balaban J connectivity index is 1.69. The number of para-hydroxylation sites is 1. The zero-order valence-corrected chi connectivity index (χ0v) is 23.6. The quantitative estimate of drug-likeness (QED) is 0.190. The summed E-state index contributed by atoms with van der Waals surface area (Å²) in [4.78, 5) is 18.4. The predicted octanol–water partition coefficient (Wildman–Crippen LogP) is 7.54. The van der Waals surface area contributed by atoms with Crippen molar-refractivity contribution in [2.45, 2.75) is 20.8 Å². The maximum atomic E-state index is 13.6. The van der Waals surface area contributed by atoms with E-state index in [4.69, 9.17) is 30.5 Å². The average Bonchev–Trinajstić information content (AvgIpc) is 3.29. The molecule has 7 nitrogen and oxygen atoms in total. The summed E-state index contributed by atoms with van der Waals surface area (Å²) in [6.45, 7) is 6.70. The minimum atomic E-state index is -0.334. The molecule has 0 saturated heterocycles. The summed E-state index contributed by atoms with van der Waals surface area (Å²) >= 11 is 9.69. The van der Waals surface area contributed by atoms with Gasteiger partial charge in [-0.15, -0.1) is 0 Å². The van der Waals surface area contributed by atoms with Crippen molar-refractivity contribution in [3.63, 3.8) is 0 Å². The van der Waals surface area contributed by atoms with Crippen LogP contribution in [-0.2, 0) is 0 Å². The lowest BCUT2D eigenvalue weighted by molar-refractivity contribution is 0.191. The van der Waals surface area contributed by atoms with E-state index >= 15 is 0 Å². The number of nitrogens with zero attached hydrogens (tertiary/aromatic N) is 3. The van der Waals surface area contributed by atoms with E-state index < -0.39 is 0 Å². The Kier molecular flexibility index (Phi) is 7.03. The molecule has 9 heteroatoms. The Morgan fingerprint density at radius 1 is 1.13 bits per heavy atom. The highest BCUT2D eigenvalue weighted by Crippen LogP contribution is 2.35. The van der Waals surface area contributed by atoms with Crippen LogP contribution in [0.2, 0.25) is 5.02 Å². The Labute approximate surface area is 232 Å². The van der Waals surface area contributed by atoms with Crippen molar-refractivity contribution >= 4 is 55.6 Å². The van der Waals surface area contributed by atoms with Crippen molar-refractivity contribution in [2.75, 3.05) is 13.7 Å². The zero-order valence-electron chi connectivity index (χ0n) is 21.3. The monoisotopic (exact) mass is 593 g/mol. The lowest BCUT2D eigenvalue weighted by Gasteiger charge is -2.21. The van der Waals surface area contributed by atoms with Gasteiger partial charge in [0.15, 0.2) is 17.3 Å². The summed E-state index contributed by atoms with van der Waals surface area (Å²) in [6, 6.07) is 17.9. The number of hydrogen-bond acceptors (Lipinski definition) is 6. The molecular formula is C29H25BrClN3O4. The van der Waals surface area contributed by atoms with Gasteiger partial charge in [-0.1, -0.05) is 60.4 Å². The fourth-order valence-corrected chi connectivity index (χ4v) is 4.55. The molecule has 2 aromatic heterocycles. The van der Waals surface area contributed by atoms with Gasteiger partial charge in [0.25, 0.3) is 5.56 Å². The predicted molar refractivity (Wildman–Crippen MR) is 155 cm³/mol. The number of hydrogen-bond donors (Lipinski definition) is 0. The molecule has 0 fully saturated rings. The topological polar surface area (TPSA) is 78.9 Å². The van der Waals surface area contributed by atoms with Gasteiger partial charge in [0.1, 0.15) is 5.58 Å². The van der Waals surface area contributed by atoms with Crippen LogP contribution in [0, 0.1) is 5.41 Å². The van der Waals surface area contributed by atoms with Crippen LogP contribution in [0.1, 0.15) is 26.3 Å². The zero-order chi connectivity index (χ0) is 27.0. The van der Waals surface area contributed by atoms with Gasteiger partial charge in [-0.05, 0) is 53.9 Å². The van der Waals surface area contributed by atoms with E-state index in [2.05, 4.69) is 41.8 Å². The van der Waals surface area contributed by atoms with Crippen molar-refractivity contribution in [3.8, 4) is 23.1 Å². The third kappa shape index (κ3) is 5.33. The van der Waals surface area contributed by atoms with Crippen LogP contribution in [-0.4, -0.2) is 29.6 Å². The van der Waals surface area contributed by atoms with Crippen LogP contribution in [0.3, 0.4) is 0 Å². The van der Waals surface area contributed by atoms with E-state index in [1.165, 1.54) is 4.68 Å². The van der Waals surface area contributed by atoms with E-state index in [0.29, 0.717) is 50.9 Å². The van der Waals surface area contributed by atoms with E-state index in [1.807, 2.05) is 18.2 Å². The molecule has 0 aliphatic rings. The average molecular weight is 595 g/mol. The van der Waals surface area contributed by atoms with Crippen LogP contribution in [0.15, 0.2) is 79.4 Å². The first-order valence-electron chi connectivity index (χ1n) is 11.9.